The molecule has 0 N–H and O–H groups in total. The first kappa shape index (κ1) is 103. The summed E-state index contributed by atoms with van der Waals surface area (Å²) in [6.45, 7) is 14.6. The molecule has 4 amide bonds. The van der Waals surface area contributed by atoms with Crippen molar-refractivity contribution in [1.82, 2.24) is 9.80 Å². The lowest BCUT2D eigenvalue weighted by Crippen LogP contribution is -2.74. The van der Waals surface area contributed by atoms with E-state index in [0.29, 0.717) is 45.5 Å². The summed E-state index contributed by atoms with van der Waals surface area (Å²) in [5, 5.41) is 2.22. The van der Waals surface area contributed by atoms with E-state index in [9.17, 15) is 124 Å². The van der Waals surface area contributed by atoms with Crippen LogP contribution < -0.4 is 9.80 Å². The highest BCUT2D eigenvalue weighted by Gasteiger charge is 2.97. The van der Waals surface area contributed by atoms with Crippen LogP contribution in [0, 0.1) is 22.7 Å². The van der Waals surface area contributed by atoms with Crippen LogP contribution in [0.4, 0.5) is 165 Å². The minimum Gasteiger partial charge on any atom is -0.464 e. The van der Waals surface area contributed by atoms with E-state index in [-0.39, 0.29) is 89.8 Å². The topological polar surface area (TPSA) is 117 Å². The van der Waals surface area contributed by atoms with Gasteiger partial charge in [-0.3, -0.25) is 29.0 Å². The molecule has 4 fully saturated rings. The minimum absolute atomic E-state index is 0.104. The lowest BCUT2D eigenvalue weighted by atomic mass is 9.69. The number of imide groups is 2. The third-order valence-corrected chi connectivity index (χ3v) is 24.7. The van der Waals surface area contributed by atoms with Gasteiger partial charge in [0.05, 0.1) is 25.9 Å². The average molecular weight is 1920 g/mol. The molecule has 4 unspecified atom stereocenters. The van der Waals surface area contributed by atoms with Crippen LogP contribution in [0.15, 0.2) is 131 Å². The summed E-state index contributed by atoms with van der Waals surface area (Å²) in [7, 11) is 0. The van der Waals surface area contributed by atoms with E-state index in [1.54, 1.807) is 88.4 Å². The molecule has 0 bridgehead atoms. The normalized spacial score (nSPS) is 22.9. The number of fused-ring (bicyclic) bond motifs is 6. The van der Waals surface area contributed by atoms with Crippen LogP contribution >= 0.6 is 0 Å². The molecule has 3 aliphatic carbocycles. The Morgan fingerprint density at radius 2 is 0.669 bits per heavy atom. The molecule has 45 heteroatoms. The second-order valence-corrected chi connectivity index (χ2v) is 36.2. The van der Waals surface area contributed by atoms with Crippen molar-refractivity contribution < 1.29 is 183 Å². The Morgan fingerprint density at radius 1 is 0.377 bits per heavy atom. The first-order valence-corrected chi connectivity index (χ1v) is 39.9. The van der Waals surface area contributed by atoms with Gasteiger partial charge in [-0.25, -0.2) is 4.79 Å². The van der Waals surface area contributed by atoms with E-state index in [1.165, 1.54) is 46.2 Å². The fraction of sp³-hybridized carbons (Fsp3) is 0.588. The Kier molecular flexibility index (Phi) is 26.3. The van der Waals surface area contributed by atoms with Crippen molar-refractivity contribution in [2.24, 2.45) is 22.7 Å². The van der Waals surface area contributed by atoms with Gasteiger partial charge >= 0.3 is 113 Å². The van der Waals surface area contributed by atoms with Crippen LogP contribution in [0.2, 0.25) is 0 Å². The van der Waals surface area contributed by atoms with Crippen molar-refractivity contribution in [3.8, 4) is 0 Å². The third kappa shape index (κ3) is 16.6. The monoisotopic (exact) mass is 1920 g/mol. The van der Waals surface area contributed by atoms with Crippen molar-refractivity contribution in [3.05, 3.63) is 142 Å². The van der Waals surface area contributed by atoms with Crippen molar-refractivity contribution in [2.45, 2.75) is 264 Å². The Hall–Kier alpha value is -9.13. The van der Waals surface area contributed by atoms with Gasteiger partial charge in [0, 0.05) is 58.5 Å². The second-order valence-electron chi connectivity index (χ2n) is 36.2. The van der Waals surface area contributed by atoms with E-state index in [4.69, 9.17) is 9.47 Å². The molecule has 3 saturated carbocycles. The van der Waals surface area contributed by atoms with Crippen LogP contribution in [-0.2, 0) is 39.5 Å². The summed E-state index contributed by atoms with van der Waals surface area (Å²) in [6.07, 6.45) is -19.1. The summed E-state index contributed by atoms with van der Waals surface area (Å²) >= 11 is 0. The Labute approximate surface area is 718 Å². The number of carbonyl (C=O) groups excluding carboxylic acids is 5. The number of urea groups is 1. The summed E-state index contributed by atoms with van der Waals surface area (Å²) in [5.74, 6) is -124. The molecule has 722 valence electrons. The molecule has 3 aliphatic heterocycles. The number of hydrogen-bond acceptors (Lipinski definition) is 9. The van der Waals surface area contributed by atoms with Gasteiger partial charge in [-0.05, 0) is 148 Å². The number of anilines is 2. The first-order chi connectivity index (χ1) is 58.7. The van der Waals surface area contributed by atoms with Crippen molar-refractivity contribution in [1.29, 1.82) is 0 Å². The molecule has 4 aromatic carbocycles. The lowest BCUT2D eigenvalue weighted by Gasteiger charge is -2.49. The van der Waals surface area contributed by atoms with Crippen LogP contribution in [0.1, 0.15) is 157 Å². The second kappa shape index (κ2) is 33.2. The summed E-state index contributed by atoms with van der Waals surface area (Å²) < 4.78 is 492. The quantitative estimate of drug-likeness (QED) is 0.0237. The van der Waals surface area contributed by atoms with Gasteiger partial charge in [-0.1, -0.05) is 142 Å². The number of ether oxygens (including phenoxy) is 2. The highest BCUT2D eigenvalue weighted by Crippen LogP contribution is 2.68. The van der Waals surface area contributed by atoms with Gasteiger partial charge in [-0.15, -0.1) is 0 Å². The predicted molar refractivity (Wildman–Crippen MR) is 399 cm³/mol. The molecule has 4 atom stereocenters. The minimum atomic E-state index is -8.91. The first-order valence-electron chi connectivity index (χ1n) is 39.9. The van der Waals surface area contributed by atoms with Gasteiger partial charge in [0.25, 0.3) is 11.8 Å². The molecule has 6 aliphatic rings. The van der Waals surface area contributed by atoms with Crippen LogP contribution in [-0.4, -0.2) is 173 Å². The maximum Gasteiger partial charge on any atom is 0.460 e. The zero-order valence-electron chi connectivity index (χ0n) is 69.9. The number of rotatable bonds is 28. The summed E-state index contributed by atoms with van der Waals surface area (Å²) in [4.78, 5) is 79.5. The SMILES string of the molecule is CC1CC(N2C(=O)C(=C3/C(=C/C=C4/N(CCOC(=O)CCC(F)(F)C(F)(F)C(F)(F)C(F)(F)C(F)(F)C(F)(F)C(F)(F)C(F)(F)F)c5ccc6ccccc6c5C4(C)C)CC/C3=C\C=C3\N(CCOC(=O)CCC(F)(F)C(F)(F)C(F)(F)C(F)(F)C(F)(F)C(F)(F)C(F)(F)C(F)(F)F)c4ccc5ccccc5c4C3(C)C)C(=O)N(C3CC(C)CC(C)(C)C3)C2=O)CC(C)(C)C1. The number of benzene rings is 4. The number of amides is 4. The smallest absolute Gasteiger partial charge is 0.460 e. The predicted octanol–water partition coefficient (Wildman–Crippen LogP) is 25.5. The summed E-state index contributed by atoms with van der Waals surface area (Å²) in [5.41, 5.74) is -2.25. The third-order valence-electron chi connectivity index (χ3n) is 24.7. The van der Waals surface area contributed by atoms with Gasteiger partial charge in [0.2, 0.25) is 0 Å². The van der Waals surface area contributed by atoms with E-state index < -0.39 is 216 Å². The highest BCUT2D eigenvalue weighted by atomic mass is 19.4. The van der Waals surface area contributed by atoms with Gasteiger partial charge in [-0.2, -0.15) is 149 Å². The fourth-order valence-electron chi connectivity index (χ4n) is 18.6. The molecule has 3 heterocycles. The molecular weight excluding hydrogens is 1830 g/mol. The number of hydrogen-bond donors (Lipinski definition) is 0. The van der Waals surface area contributed by atoms with Crippen LogP contribution in [0.25, 0.3) is 21.5 Å². The lowest BCUT2D eigenvalue weighted by molar-refractivity contribution is -0.461. The molecule has 0 spiro atoms. The number of alkyl halides is 34. The molecule has 4 aromatic rings. The molecule has 1 saturated heterocycles. The fourth-order valence-corrected chi connectivity index (χ4v) is 18.6. The van der Waals surface area contributed by atoms with Crippen molar-refractivity contribution >= 4 is 62.7 Å². The van der Waals surface area contributed by atoms with Crippen LogP contribution in [0.3, 0.4) is 0 Å². The summed E-state index contributed by atoms with van der Waals surface area (Å²) in [6, 6.07) is 16.8. The van der Waals surface area contributed by atoms with Gasteiger partial charge < -0.3 is 19.3 Å². The van der Waals surface area contributed by atoms with E-state index >= 15 is 49.5 Å². The number of halogens is 34. The van der Waals surface area contributed by atoms with Crippen LogP contribution in [0.5, 0.6) is 0 Å². The van der Waals surface area contributed by atoms with E-state index in [0.717, 1.165) is 9.80 Å². The van der Waals surface area contributed by atoms with Crippen molar-refractivity contribution in [2.75, 3.05) is 36.1 Å². The average Bonchev–Trinajstić information content (AvgIpc) is 1.24. The number of barbiturate groups is 1. The number of esters is 2. The van der Waals surface area contributed by atoms with E-state index in [2.05, 4.69) is 0 Å². The zero-order chi connectivity index (χ0) is 98.6. The Morgan fingerprint density at radius 3 is 0.969 bits per heavy atom. The largest absolute Gasteiger partial charge is 0.464 e. The molecule has 0 radical (unpaired) electrons. The van der Waals surface area contributed by atoms with Gasteiger partial charge in [0.1, 0.15) is 18.8 Å². The molecule has 11 nitrogen and oxygen atoms in total. The standard InChI is InChI=1S/C85H82F34N4O7/c1-43-37-49(41-66(3,4)39-43)122-63(126)60(64(127)123(65(122)128)50-38-44(2)40-67(5,6)42-50)59-47(23-27-55-68(7,8)61-51-17-13-11-15-45(51)21-25-53(61)120(55)33-35-129-57(124)29-31-70(86,87)72(90,91)74(94,95)76(98,99)78(102,103)80(106,107)82(110,111)84(114,115)116)19-20-48(59)24-28-56-69(9,10)62-52-18-14-12-16-46(52)22-26-54(62)121(56)34-36-130-58(125)30-32-71(88,89)73(92,93)75(96,97)77(100,101)79(104,105)81(108,109)83(112,113)85(117,118)119/h11-18,21-28,43-44,49-50H,19-20,29-42H2,1-10H3/b47-23+,48-24+,55-27+,56-28+. The highest BCUT2D eigenvalue weighted by molar-refractivity contribution is 6.30. The maximum atomic E-state index is 16.2. The number of allylic oxidation sites excluding steroid dienone is 9. The molecule has 130 heavy (non-hydrogen) atoms. The number of carbonyl (C=O) groups is 5. The van der Waals surface area contributed by atoms with E-state index in [1.807, 2.05) is 41.5 Å². The molecule has 0 aromatic heterocycles. The maximum absolute atomic E-state index is 16.2. The van der Waals surface area contributed by atoms with Crippen molar-refractivity contribution in [3.63, 3.8) is 0 Å². The van der Waals surface area contributed by atoms with Gasteiger partial charge in [0.15, 0.2) is 0 Å². The zero-order valence-corrected chi connectivity index (χ0v) is 69.9. The Balaban J connectivity index is 1.05. The molecular formula is C85H82F34N4O7. The number of nitrogens with zero attached hydrogens (tertiary/aromatic N) is 4. The molecule has 10 rings (SSSR count). The Bertz CT molecular complexity index is 4930.